The van der Waals surface area contributed by atoms with Gasteiger partial charge in [0.15, 0.2) is 17.7 Å². The molecule has 1 heterocycles. The Bertz CT molecular complexity index is 1190. The topological polar surface area (TPSA) is 140 Å². The molecule has 0 aromatic heterocycles. The summed E-state index contributed by atoms with van der Waals surface area (Å²) in [7, 11) is 1.28. The number of benzene rings is 2. The summed E-state index contributed by atoms with van der Waals surface area (Å²) in [6.07, 6.45) is 2.13. The molecule has 1 aliphatic rings. The van der Waals surface area contributed by atoms with E-state index in [-0.39, 0.29) is 12.2 Å². The fourth-order valence-electron chi connectivity index (χ4n) is 3.63. The van der Waals surface area contributed by atoms with Crippen LogP contribution in [0.15, 0.2) is 71.5 Å². The molecule has 0 bridgehead atoms. The second-order valence-corrected chi connectivity index (χ2v) is 8.08. The first-order valence-electron chi connectivity index (χ1n) is 11.9. The van der Waals surface area contributed by atoms with Gasteiger partial charge in [0, 0.05) is 5.70 Å². The number of allylic oxidation sites excluding steroid dienone is 1. The maximum Gasteiger partial charge on any atom is 0.337 e. The van der Waals surface area contributed by atoms with Gasteiger partial charge >= 0.3 is 12.0 Å². The molecule has 2 aromatic carbocycles. The third-order valence-corrected chi connectivity index (χ3v) is 5.36. The van der Waals surface area contributed by atoms with Crippen molar-refractivity contribution in [1.29, 1.82) is 0 Å². The maximum absolute atomic E-state index is 12.4. The molecule has 0 spiro atoms. The molecule has 0 saturated heterocycles. The number of aliphatic hydroxyl groups is 1. The van der Waals surface area contributed by atoms with Crippen molar-refractivity contribution in [2.45, 2.75) is 26.1 Å². The van der Waals surface area contributed by atoms with Gasteiger partial charge in [-0.05, 0) is 61.4 Å². The number of rotatable bonds is 13. The Morgan fingerprint density at radius 2 is 1.95 bits per heavy atom. The number of carbonyl (C=O) groups is 2. The minimum Gasteiger partial charge on any atom is -0.490 e. The quantitative estimate of drug-likeness (QED) is 0.103. The summed E-state index contributed by atoms with van der Waals surface area (Å²) in [5.41, 5.74) is 4.69. The maximum atomic E-state index is 12.4. The highest BCUT2D eigenvalue weighted by Crippen LogP contribution is 2.34. The van der Waals surface area contributed by atoms with Gasteiger partial charge in [-0.15, -0.1) is 0 Å². The Morgan fingerprint density at radius 1 is 1.18 bits per heavy atom. The molecule has 0 fully saturated rings. The number of nitrogens with zero attached hydrogens (tertiary/aromatic N) is 1. The van der Waals surface area contributed by atoms with Crippen molar-refractivity contribution in [2.75, 3.05) is 26.9 Å². The van der Waals surface area contributed by atoms with E-state index >= 15 is 0 Å². The van der Waals surface area contributed by atoms with Crippen molar-refractivity contribution >= 4 is 18.2 Å². The summed E-state index contributed by atoms with van der Waals surface area (Å²) in [5.74, 6) is 0.907. The first-order chi connectivity index (χ1) is 18.4. The molecule has 1 aliphatic heterocycles. The Labute approximate surface area is 221 Å². The predicted molar refractivity (Wildman–Crippen MR) is 141 cm³/mol. The number of nitrogens with one attached hydrogen (secondary N) is 3. The highest BCUT2D eigenvalue weighted by atomic mass is 16.5. The molecule has 0 aliphatic carbocycles. The van der Waals surface area contributed by atoms with Crippen molar-refractivity contribution in [3.63, 3.8) is 0 Å². The lowest BCUT2D eigenvalue weighted by atomic mass is 9.95. The van der Waals surface area contributed by atoms with Crippen molar-refractivity contribution in [3.05, 3.63) is 77.5 Å². The van der Waals surface area contributed by atoms with Gasteiger partial charge in [-0.1, -0.05) is 18.7 Å². The summed E-state index contributed by atoms with van der Waals surface area (Å²) in [5, 5.41) is 19.6. The van der Waals surface area contributed by atoms with Gasteiger partial charge < -0.3 is 34.7 Å². The van der Waals surface area contributed by atoms with Gasteiger partial charge in [-0.25, -0.2) is 9.59 Å². The zero-order valence-electron chi connectivity index (χ0n) is 21.5. The molecule has 11 heteroatoms. The standard InChI is InChI=1S/C27H32N4O7/c1-5-13-37-20-10-7-18(8-11-20)15-28-31-23(32)16-38-21-12-9-19(14-22(21)36-6-2)25-24(26(33)35-4)17(3)29-27(34)30-25/h5,7-12,14-15,23,25,31-32H,1,6,13,16H2,2-4H3,(H2,29,30,34)/b28-15-/t23-,25-/m1/s1. The van der Waals surface area contributed by atoms with Gasteiger partial charge in [-0.2, -0.15) is 5.10 Å². The van der Waals surface area contributed by atoms with E-state index in [2.05, 4.69) is 27.7 Å². The number of methoxy groups -OCH3 is 1. The van der Waals surface area contributed by atoms with E-state index in [9.17, 15) is 14.7 Å². The minimum absolute atomic E-state index is 0.123. The van der Waals surface area contributed by atoms with Crippen LogP contribution in [-0.4, -0.2) is 56.5 Å². The van der Waals surface area contributed by atoms with Crippen molar-refractivity contribution in [2.24, 2.45) is 5.10 Å². The fraction of sp³-hybridized carbons (Fsp3) is 0.296. The second-order valence-electron chi connectivity index (χ2n) is 8.08. The molecule has 2 aromatic rings. The van der Waals surface area contributed by atoms with E-state index in [1.165, 1.54) is 7.11 Å². The molecule has 4 N–H and O–H groups in total. The van der Waals surface area contributed by atoms with E-state index in [4.69, 9.17) is 18.9 Å². The van der Waals surface area contributed by atoms with E-state index in [0.717, 1.165) is 11.3 Å². The fourth-order valence-corrected chi connectivity index (χ4v) is 3.63. The number of hydrogen-bond donors (Lipinski definition) is 4. The van der Waals surface area contributed by atoms with Crippen molar-refractivity contribution in [1.82, 2.24) is 16.1 Å². The molecule has 11 nitrogen and oxygen atoms in total. The van der Waals surface area contributed by atoms with E-state index < -0.39 is 24.3 Å². The summed E-state index contributed by atoms with van der Waals surface area (Å²) in [6, 6.07) is 11.1. The molecule has 2 atom stereocenters. The zero-order valence-corrected chi connectivity index (χ0v) is 21.5. The first-order valence-corrected chi connectivity index (χ1v) is 11.9. The number of hydrogen-bond acceptors (Lipinski definition) is 9. The molecule has 38 heavy (non-hydrogen) atoms. The number of ether oxygens (including phenoxy) is 4. The van der Waals surface area contributed by atoms with Gasteiger partial charge in [-0.3, -0.25) is 5.43 Å². The van der Waals surface area contributed by atoms with Crippen LogP contribution in [0.4, 0.5) is 4.79 Å². The summed E-state index contributed by atoms with van der Waals surface area (Å²) in [4.78, 5) is 24.4. The van der Waals surface area contributed by atoms with Crippen LogP contribution < -0.4 is 30.3 Å². The lowest BCUT2D eigenvalue weighted by Gasteiger charge is -2.28. The Hall–Kier alpha value is -4.51. The molecular formula is C27H32N4O7. The predicted octanol–water partition coefficient (Wildman–Crippen LogP) is 2.77. The molecule has 0 unspecified atom stereocenters. The largest absolute Gasteiger partial charge is 0.490 e. The van der Waals surface area contributed by atoms with E-state index in [1.807, 2.05) is 31.2 Å². The van der Waals surface area contributed by atoms with Crippen LogP contribution in [0.25, 0.3) is 0 Å². The van der Waals surface area contributed by atoms with Crippen molar-refractivity contribution < 1.29 is 33.6 Å². The summed E-state index contributed by atoms with van der Waals surface area (Å²) >= 11 is 0. The SMILES string of the molecule is C=CCOc1ccc(/C=N\N[C@H](O)COc2ccc([C@H]3NC(=O)NC(C)=C3C(=O)OC)cc2OCC)cc1. The number of hydrazone groups is 1. The average molecular weight is 525 g/mol. The van der Waals surface area contributed by atoms with Crippen LogP contribution in [-0.2, 0) is 9.53 Å². The molecule has 202 valence electrons. The van der Waals surface area contributed by atoms with Crippen LogP contribution in [0.1, 0.15) is 31.0 Å². The van der Waals surface area contributed by atoms with Crippen LogP contribution in [0.2, 0.25) is 0 Å². The number of esters is 1. The Kier molecular flexibility index (Phi) is 10.1. The molecule has 0 saturated carbocycles. The number of aliphatic hydroxyl groups excluding tert-OH is 1. The first kappa shape index (κ1) is 28.1. The Morgan fingerprint density at radius 3 is 2.63 bits per heavy atom. The van der Waals surface area contributed by atoms with Gasteiger partial charge in [0.25, 0.3) is 0 Å². The lowest BCUT2D eigenvalue weighted by Crippen LogP contribution is -2.45. The normalized spacial score (nSPS) is 15.8. The molecule has 0 radical (unpaired) electrons. The number of carbonyl (C=O) groups excluding carboxylic acids is 2. The smallest absolute Gasteiger partial charge is 0.337 e. The van der Waals surface area contributed by atoms with E-state index in [1.54, 1.807) is 37.4 Å². The van der Waals surface area contributed by atoms with Crippen LogP contribution >= 0.6 is 0 Å². The summed E-state index contributed by atoms with van der Waals surface area (Å²) < 4.78 is 21.8. The average Bonchev–Trinajstić information content (AvgIpc) is 2.91. The Balaban J connectivity index is 1.64. The third-order valence-electron chi connectivity index (χ3n) is 5.36. The van der Waals surface area contributed by atoms with Crippen LogP contribution in [0, 0.1) is 0 Å². The molecular weight excluding hydrogens is 492 g/mol. The van der Waals surface area contributed by atoms with Gasteiger partial charge in [0.2, 0.25) is 0 Å². The van der Waals surface area contributed by atoms with Gasteiger partial charge in [0.05, 0.1) is 31.5 Å². The highest BCUT2D eigenvalue weighted by molar-refractivity contribution is 5.95. The monoisotopic (exact) mass is 524 g/mol. The molecule has 2 amide bonds. The number of urea groups is 1. The summed E-state index contributed by atoms with van der Waals surface area (Å²) in [6.45, 7) is 7.70. The molecule has 3 rings (SSSR count). The van der Waals surface area contributed by atoms with E-state index in [0.29, 0.717) is 36.0 Å². The minimum atomic E-state index is -1.10. The lowest BCUT2D eigenvalue weighted by molar-refractivity contribution is -0.136. The highest BCUT2D eigenvalue weighted by Gasteiger charge is 2.32. The second kappa shape index (κ2) is 13.7. The zero-order chi connectivity index (χ0) is 27.5. The van der Waals surface area contributed by atoms with Crippen LogP contribution in [0.3, 0.4) is 0 Å². The van der Waals surface area contributed by atoms with Crippen molar-refractivity contribution in [3.8, 4) is 17.2 Å². The third kappa shape index (κ3) is 7.50. The van der Waals surface area contributed by atoms with Gasteiger partial charge in [0.1, 0.15) is 19.0 Å². The van der Waals surface area contributed by atoms with Crippen LogP contribution in [0.5, 0.6) is 17.2 Å². The number of amides is 2.